The average molecular weight is 287 g/mol. The highest BCUT2D eigenvalue weighted by Gasteiger charge is 2.71. The molecule has 0 spiro atoms. The fourth-order valence-electron chi connectivity index (χ4n) is 1.49. The molecule has 19 heavy (non-hydrogen) atoms. The van der Waals surface area contributed by atoms with Crippen molar-refractivity contribution in [3.8, 4) is 0 Å². The number of nitrogens with zero attached hydrogens (tertiary/aromatic N) is 1. The largest absolute Gasteiger partial charge is 0.430 e. The maximum atomic E-state index is 12.6. The van der Waals surface area contributed by atoms with Crippen LogP contribution in [0.1, 0.15) is 5.56 Å². The number of halogens is 6. The van der Waals surface area contributed by atoms with Gasteiger partial charge < -0.3 is 10.0 Å². The van der Waals surface area contributed by atoms with E-state index in [1.54, 1.807) is 14.1 Å². The number of anilines is 1. The number of hydrogen-bond donors (Lipinski definition) is 1. The van der Waals surface area contributed by atoms with Gasteiger partial charge in [-0.05, 0) is 12.1 Å². The molecule has 8 heteroatoms. The van der Waals surface area contributed by atoms with Crippen molar-refractivity contribution < 1.29 is 31.4 Å². The highest BCUT2D eigenvalue weighted by atomic mass is 19.4. The Morgan fingerprint density at radius 1 is 0.842 bits per heavy atom. The Balaban J connectivity index is 3.36. The van der Waals surface area contributed by atoms with Gasteiger partial charge in [0.2, 0.25) is 0 Å². The summed E-state index contributed by atoms with van der Waals surface area (Å²) in [7, 11) is 3.16. The number of alkyl halides is 6. The van der Waals surface area contributed by atoms with Crippen LogP contribution in [-0.4, -0.2) is 31.6 Å². The first-order valence-electron chi connectivity index (χ1n) is 5.05. The van der Waals surface area contributed by atoms with E-state index in [9.17, 15) is 26.3 Å². The van der Waals surface area contributed by atoms with Crippen LogP contribution in [0, 0.1) is 0 Å². The molecule has 108 valence electrons. The lowest BCUT2D eigenvalue weighted by molar-refractivity contribution is -0.376. The predicted octanol–water partition coefficient (Wildman–Crippen LogP) is 3.06. The second-order valence-electron chi connectivity index (χ2n) is 4.15. The number of rotatable bonds is 2. The number of benzene rings is 1. The lowest BCUT2D eigenvalue weighted by Crippen LogP contribution is -2.53. The minimum Gasteiger partial charge on any atom is -0.378 e. The topological polar surface area (TPSA) is 23.5 Å². The van der Waals surface area contributed by atoms with Gasteiger partial charge in [-0.25, -0.2) is 0 Å². The van der Waals surface area contributed by atoms with Crippen molar-refractivity contribution in [2.75, 3.05) is 19.0 Å². The van der Waals surface area contributed by atoms with Gasteiger partial charge >= 0.3 is 12.4 Å². The monoisotopic (exact) mass is 287 g/mol. The van der Waals surface area contributed by atoms with Crippen molar-refractivity contribution in [2.24, 2.45) is 0 Å². The van der Waals surface area contributed by atoms with Crippen LogP contribution in [0.2, 0.25) is 0 Å². The van der Waals surface area contributed by atoms with Gasteiger partial charge in [0.25, 0.3) is 5.60 Å². The van der Waals surface area contributed by atoms with E-state index in [4.69, 9.17) is 5.11 Å². The molecular formula is C11H11F6NO. The first kappa shape index (κ1) is 15.6. The molecule has 0 saturated carbocycles. The van der Waals surface area contributed by atoms with Crippen molar-refractivity contribution in [3.63, 3.8) is 0 Å². The molecule has 0 atom stereocenters. The summed E-state index contributed by atoms with van der Waals surface area (Å²) in [6.07, 6.45) is -11.7. The summed E-state index contributed by atoms with van der Waals surface area (Å²) in [5.41, 5.74) is -5.72. The van der Waals surface area contributed by atoms with Crippen LogP contribution in [0.25, 0.3) is 0 Å². The molecule has 0 aromatic heterocycles. The van der Waals surface area contributed by atoms with Crippen LogP contribution in [0.15, 0.2) is 24.3 Å². The van der Waals surface area contributed by atoms with Gasteiger partial charge in [-0.3, -0.25) is 0 Å². The van der Waals surface area contributed by atoms with E-state index in [1.165, 1.54) is 4.90 Å². The fourth-order valence-corrected chi connectivity index (χ4v) is 1.49. The highest BCUT2D eigenvalue weighted by Crippen LogP contribution is 2.50. The molecule has 0 radical (unpaired) electrons. The third kappa shape index (κ3) is 2.63. The molecule has 0 aliphatic rings. The minimum absolute atomic E-state index is 0.412. The standard InChI is InChI=1S/C11H11F6NO/c1-18(2)8-5-3-7(4-6-8)9(19,10(12,13)14)11(15,16)17/h3-6,19H,1-2H3. The molecule has 2 nitrogen and oxygen atoms in total. The van der Waals surface area contributed by atoms with Gasteiger partial charge in [0.15, 0.2) is 0 Å². The van der Waals surface area contributed by atoms with Crippen LogP contribution in [0.4, 0.5) is 32.0 Å². The summed E-state index contributed by atoms with van der Waals surface area (Å²) in [5, 5.41) is 9.12. The number of aliphatic hydroxyl groups is 1. The van der Waals surface area contributed by atoms with Crippen LogP contribution >= 0.6 is 0 Å². The molecule has 1 aromatic rings. The molecule has 1 rings (SSSR count). The molecule has 0 fully saturated rings. The van der Waals surface area contributed by atoms with Crippen LogP contribution in [0.5, 0.6) is 0 Å². The van der Waals surface area contributed by atoms with E-state index < -0.39 is 23.5 Å². The van der Waals surface area contributed by atoms with Crippen LogP contribution in [0.3, 0.4) is 0 Å². The molecule has 0 amide bonds. The average Bonchev–Trinajstić information content (AvgIpc) is 2.25. The zero-order chi connectivity index (χ0) is 15.1. The summed E-state index contributed by atoms with van der Waals surface area (Å²) < 4.78 is 75.4. The Morgan fingerprint density at radius 2 is 1.21 bits per heavy atom. The van der Waals surface area contributed by atoms with Crippen molar-refractivity contribution in [1.82, 2.24) is 0 Å². The summed E-state index contributed by atoms with van der Waals surface area (Å²) in [6.45, 7) is 0. The van der Waals surface area contributed by atoms with Crippen molar-refractivity contribution in [2.45, 2.75) is 18.0 Å². The maximum Gasteiger partial charge on any atom is 0.430 e. The Kier molecular flexibility index (Phi) is 3.77. The lowest BCUT2D eigenvalue weighted by Gasteiger charge is -2.32. The van der Waals surface area contributed by atoms with Crippen molar-refractivity contribution in [3.05, 3.63) is 29.8 Å². The Hall–Kier alpha value is -1.44. The van der Waals surface area contributed by atoms with E-state index in [-0.39, 0.29) is 0 Å². The summed E-state index contributed by atoms with van der Waals surface area (Å²) in [6, 6.07) is 3.35. The molecule has 1 aromatic carbocycles. The molecule has 0 aliphatic carbocycles. The van der Waals surface area contributed by atoms with Gasteiger partial charge in [0.05, 0.1) is 0 Å². The zero-order valence-corrected chi connectivity index (χ0v) is 9.97. The zero-order valence-electron chi connectivity index (χ0n) is 9.97. The first-order valence-corrected chi connectivity index (χ1v) is 5.05. The first-order chi connectivity index (χ1) is 8.41. The smallest absolute Gasteiger partial charge is 0.378 e. The van der Waals surface area contributed by atoms with Crippen LogP contribution in [-0.2, 0) is 5.60 Å². The van der Waals surface area contributed by atoms with E-state index in [0.717, 1.165) is 12.1 Å². The van der Waals surface area contributed by atoms with E-state index >= 15 is 0 Å². The van der Waals surface area contributed by atoms with Gasteiger partial charge in [-0.2, -0.15) is 26.3 Å². The second-order valence-corrected chi connectivity index (χ2v) is 4.15. The normalized spacial score (nSPS) is 13.5. The minimum atomic E-state index is -5.86. The fraction of sp³-hybridized carbons (Fsp3) is 0.455. The third-order valence-electron chi connectivity index (χ3n) is 2.62. The summed E-state index contributed by atoms with van der Waals surface area (Å²) in [5.74, 6) is 0. The molecule has 1 N–H and O–H groups in total. The summed E-state index contributed by atoms with van der Waals surface area (Å²) in [4.78, 5) is 1.50. The molecule has 0 aliphatic heterocycles. The molecule has 0 heterocycles. The second kappa shape index (κ2) is 4.59. The van der Waals surface area contributed by atoms with Gasteiger partial charge in [-0.1, -0.05) is 12.1 Å². The lowest BCUT2D eigenvalue weighted by atomic mass is 9.92. The van der Waals surface area contributed by atoms with Gasteiger partial charge in [0, 0.05) is 25.3 Å². The molecular weight excluding hydrogens is 276 g/mol. The quantitative estimate of drug-likeness (QED) is 0.845. The molecule has 0 saturated heterocycles. The molecule has 0 unspecified atom stereocenters. The summed E-state index contributed by atoms with van der Waals surface area (Å²) >= 11 is 0. The predicted molar refractivity (Wildman–Crippen MR) is 56.8 cm³/mol. The van der Waals surface area contributed by atoms with E-state index in [1.807, 2.05) is 0 Å². The Bertz CT molecular complexity index is 420. The van der Waals surface area contributed by atoms with Crippen molar-refractivity contribution >= 4 is 5.69 Å². The van der Waals surface area contributed by atoms with Crippen molar-refractivity contribution in [1.29, 1.82) is 0 Å². The highest BCUT2D eigenvalue weighted by molar-refractivity contribution is 5.47. The maximum absolute atomic E-state index is 12.6. The van der Waals surface area contributed by atoms with Crippen LogP contribution < -0.4 is 4.90 Å². The Morgan fingerprint density at radius 3 is 1.47 bits per heavy atom. The van der Waals surface area contributed by atoms with Gasteiger partial charge in [-0.15, -0.1) is 0 Å². The molecule has 0 bridgehead atoms. The third-order valence-corrected chi connectivity index (χ3v) is 2.62. The number of hydrogen-bond acceptors (Lipinski definition) is 2. The van der Waals surface area contributed by atoms with E-state index in [2.05, 4.69) is 0 Å². The van der Waals surface area contributed by atoms with Gasteiger partial charge in [0.1, 0.15) is 0 Å². The van der Waals surface area contributed by atoms with E-state index in [0.29, 0.717) is 17.8 Å². The Labute approximate surface area is 105 Å². The SMILES string of the molecule is CN(C)c1ccc(C(O)(C(F)(F)F)C(F)(F)F)cc1.